The van der Waals surface area contributed by atoms with Crippen molar-refractivity contribution in [3.63, 3.8) is 0 Å². The number of carbonyl (C=O) groups is 3. The van der Waals surface area contributed by atoms with Gasteiger partial charge in [-0.3, -0.25) is 14.5 Å². The SMILES string of the molecule is C[C@H](N)C(=O)OCC1=C(C(=O)O)N2C(=O)[C@H]([C@@H](C)O)[C@H]2S1. The Hall–Kier alpha value is -1.58. The molecule has 0 radical (unpaired) electrons. The van der Waals surface area contributed by atoms with Gasteiger partial charge in [0.25, 0.3) is 0 Å². The maximum Gasteiger partial charge on any atom is 0.353 e. The zero-order valence-electron chi connectivity index (χ0n) is 11.5. The number of carboxylic acids is 1. The number of β-lactam (4-membered cyclic amide) rings is 1. The number of nitrogens with zero attached hydrogens (tertiary/aromatic N) is 1. The summed E-state index contributed by atoms with van der Waals surface area (Å²) >= 11 is 1.12. The molecule has 2 rings (SSSR count). The summed E-state index contributed by atoms with van der Waals surface area (Å²) in [6.07, 6.45) is -0.868. The van der Waals surface area contributed by atoms with Gasteiger partial charge >= 0.3 is 11.9 Å². The molecule has 9 heteroatoms. The van der Waals surface area contributed by atoms with Crippen molar-refractivity contribution in [3.8, 4) is 0 Å². The lowest BCUT2D eigenvalue weighted by atomic mass is 9.92. The van der Waals surface area contributed by atoms with Gasteiger partial charge in [0.2, 0.25) is 5.91 Å². The summed E-state index contributed by atoms with van der Waals surface area (Å²) in [5.74, 6) is -3.01. The van der Waals surface area contributed by atoms with Gasteiger partial charge in [0.05, 0.1) is 16.9 Å². The Morgan fingerprint density at radius 2 is 2.10 bits per heavy atom. The molecule has 0 aliphatic carbocycles. The molecule has 2 aliphatic rings. The first kappa shape index (κ1) is 15.8. The number of ether oxygens (including phenoxy) is 1. The number of carboxylic acid groups (broad SMARTS) is 1. The predicted octanol–water partition coefficient (Wildman–Crippen LogP) is -0.915. The van der Waals surface area contributed by atoms with Crippen LogP contribution >= 0.6 is 11.8 Å². The molecule has 0 saturated carbocycles. The average molecular weight is 316 g/mol. The van der Waals surface area contributed by atoms with Crippen LogP contribution in [0.5, 0.6) is 0 Å². The summed E-state index contributed by atoms with van der Waals surface area (Å²) in [5.41, 5.74) is 5.16. The number of aliphatic carboxylic acids is 1. The van der Waals surface area contributed by atoms with Crippen molar-refractivity contribution in [2.45, 2.75) is 31.4 Å². The van der Waals surface area contributed by atoms with E-state index in [-0.39, 0.29) is 17.2 Å². The highest BCUT2D eigenvalue weighted by Crippen LogP contribution is 2.50. The van der Waals surface area contributed by atoms with E-state index in [1.807, 2.05) is 0 Å². The van der Waals surface area contributed by atoms with Gasteiger partial charge in [-0.1, -0.05) is 11.8 Å². The Morgan fingerprint density at radius 3 is 2.57 bits per heavy atom. The Morgan fingerprint density at radius 1 is 1.48 bits per heavy atom. The lowest BCUT2D eigenvalue weighted by Gasteiger charge is -2.43. The van der Waals surface area contributed by atoms with Gasteiger partial charge in [-0.05, 0) is 13.8 Å². The summed E-state index contributed by atoms with van der Waals surface area (Å²) in [5, 5.41) is 18.3. The average Bonchev–Trinajstić information content (AvgIpc) is 2.69. The number of rotatable bonds is 5. The molecule has 0 unspecified atom stereocenters. The maximum absolute atomic E-state index is 11.9. The number of thioether (sulfide) groups is 1. The second-order valence-corrected chi connectivity index (χ2v) is 6.17. The monoisotopic (exact) mass is 316 g/mol. The molecule has 0 aromatic carbocycles. The summed E-state index contributed by atoms with van der Waals surface area (Å²) in [6.45, 7) is 2.69. The fraction of sp³-hybridized carbons (Fsp3) is 0.583. The van der Waals surface area contributed by atoms with Crippen LogP contribution in [0, 0.1) is 5.92 Å². The third-order valence-electron chi connectivity index (χ3n) is 3.29. The van der Waals surface area contributed by atoms with Gasteiger partial charge < -0.3 is 20.7 Å². The van der Waals surface area contributed by atoms with Crippen molar-refractivity contribution in [1.29, 1.82) is 0 Å². The third kappa shape index (κ3) is 2.63. The molecule has 1 fully saturated rings. The molecule has 4 atom stereocenters. The molecule has 2 heterocycles. The van der Waals surface area contributed by atoms with Crippen molar-refractivity contribution < 1.29 is 29.3 Å². The molecule has 1 amide bonds. The van der Waals surface area contributed by atoms with E-state index in [1.54, 1.807) is 0 Å². The second kappa shape index (κ2) is 5.66. The van der Waals surface area contributed by atoms with E-state index in [0.29, 0.717) is 0 Å². The van der Waals surface area contributed by atoms with Gasteiger partial charge in [0, 0.05) is 0 Å². The minimum atomic E-state index is -1.27. The molecule has 0 aromatic rings. The van der Waals surface area contributed by atoms with E-state index < -0.39 is 41.3 Å². The highest BCUT2D eigenvalue weighted by Gasteiger charge is 2.57. The smallest absolute Gasteiger partial charge is 0.353 e. The lowest BCUT2D eigenvalue weighted by molar-refractivity contribution is -0.156. The van der Waals surface area contributed by atoms with Gasteiger partial charge in [-0.25, -0.2) is 4.79 Å². The molecule has 1 saturated heterocycles. The number of carbonyl (C=O) groups excluding carboxylic acids is 2. The molecule has 0 spiro atoms. The van der Waals surface area contributed by atoms with Crippen LogP contribution in [0.1, 0.15) is 13.8 Å². The predicted molar refractivity (Wildman–Crippen MR) is 72.7 cm³/mol. The van der Waals surface area contributed by atoms with Gasteiger partial charge in [-0.15, -0.1) is 0 Å². The molecule has 0 aromatic heterocycles. The first-order valence-corrected chi connectivity index (χ1v) is 7.20. The van der Waals surface area contributed by atoms with E-state index >= 15 is 0 Å². The molecule has 2 aliphatic heterocycles. The van der Waals surface area contributed by atoms with Gasteiger partial charge in [0.1, 0.15) is 23.7 Å². The van der Waals surface area contributed by atoms with Crippen LogP contribution < -0.4 is 5.73 Å². The van der Waals surface area contributed by atoms with Crippen molar-refractivity contribution in [1.82, 2.24) is 4.90 Å². The number of fused-ring (bicyclic) bond motifs is 1. The number of esters is 1. The summed E-state index contributed by atoms with van der Waals surface area (Å²) in [6, 6.07) is -0.811. The molecule has 4 N–H and O–H groups in total. The van der Waals surface area contributed by atoms with Gasteiger partial charge in [-0.2, -0.15) is 0 Å². The normalized spacial score (nSPS) is 27.0. The lowest BCUT2D eigenvalue weighted by Crippen LogP contribution is -2.60. The first-order valence-electron chi connectivity index (χ1n) is 6.32. The minimum Gasteiger partial charge on any atom is -0.477 e. The molecule has 8 nitrogen and oxygen atoms in total. The molecular weight excluding hydrogens is 300 g/mol. The van der Waals surface area contributed by atoms with Crippen LogP contribution in [0.3, 0.4) is 0 Å². The number of hydrogen-bond acceptors (Lipinski definition) is 7. The maximum atomic E-state index is 11.9. The number of amides is 1. The van der Waals surface area contributed by atoms with E-state index in [2.05, 4.69) is 0 Å². The van der Waals surface area contributed by atoms with Crippen LogP contribution in [0.25, 0.3) is 0 Å². The van der Waals surface area contributed by atoms with E-state index in [1.165, 1.54) is 13.8 Å². The van der Waals surface area contributed by atoms with E-state index in [0.717, 1.165) is 16.7 Å². The fourth-order valence-corrected chi connectivity index (χ4v) is 3.74. The Bertz CT molecular complexity index is 530. The van der Waals surface area contributed by atoms with E-state index in [9.17, 15) is 24.6 Å². The van der Waals surface area contributed by atoms with Crippen LogP contribution in [-0.4, -0.2) is 57.1 Å². The first-order chi connectivity index (χ1) is 9.75. The molecule has 0 bridgehead atoms. The minimum absolute atomic E-state index is 0.190. The summed E-state index contributed by atoms with van der Waals surface area (Å²) in [4.78, 5) is 36.0. The van der Waals surface area contributed by atoms with Crippen LogP contribution in [0.15, 0.2) is 10.6 Å². The quantitative estimate of drug-likeness (QED) is 0.439. The van der Waals surface area contributed by atoms with Crippen LogP contribution in [0.4, 0.5) is 0 Å². The van der Waals surface area contributed by atoms with Gasteiger partial charge in [0.15, 0.2) is 0 Å². The standard InChI is InChI=1S/C12H16N2O6S/c1-4(13)12(19)20-3-6-8(11(17)18)14-9(16)7(5(2)15)10(14)21-6/h4-5,7,10,15H,3,13H2,1-2H3,(H,17,18)/t4-,5+,7-,10+/m0/s1. The van der Waals surface area contributed by atoms with E-state index in [4.69, 9.17) is 10.5 Å². The molecular formula is C12H16N2O6S. The zero-order valence-corrected chi connectivity index (χ0v) is 12.3. The number of aliphatic hydroxyl groups excluding tert-OH is 1. The number of nitrogens with two attached hydrogens (primary N) is 1. The highest BCUT2D eigenvalue weighted by atomic mass is 32.2. The third-order valence-corrected chi connectivity index (χ3v) is 4.63. The number of hydrogen-bond donors (Lipinski definition) is 3. The largest absolute Gasteiger partial charge is 0.477 e. The molecule has 21 heavy (non-hydrogen) atoms. The van der Waals surface area contributed by atoms with Crippen LogP contribution in [-0.2, 0) is 19.1 Å². The second-order valence-electron chi connectivity index (χ2n) is 4.96. The Labute approximate surface area is 124 Å². The fourth-order valence-electron chi connectivity index (χ4n) is 2.22. The molecule has 116 valence electrons. The van der Waals surface area contributed by atoms with Crippen LogP contribution in [0.2, 0.25) is 0 Å². The summed E-state index contributed by atoms with van der Waals surface area (Å²) < 4.78 is 4.92. The van der Waals surface area contributed by atoms with Crippen molar-refractivity contribution in [3.05, 3.63) is 10.6 Å². The Kier molecular flexibility index (Phi) is 4.26. The summed E-state index contributed by atoms with van der Waals surface area (Å²) in [7, 11) is 0. The zero-order chi connectivity index (χ0) is 15.9. The Balaban J connectivity index is 2.15. The highest BCUT2D eigenvalue weighted by molar-refractivity contribution is 8.04. The van der Waals surface area contributed by atoms with Crippen molar-refractivity contribution in [2.75, 3.05) is 6.61 Å². The topological polar surface area (TPSA) is 130 Å². The van der Waals surface area contributed by atoms with Crippen molar-refractivity contribution in [2.24, 2.45) is 11.7 Å². The number of aliphatic hydroxyl groups is 1. The van der Waals surface area contributed by atoms with Crippen molar-refractivity contribution >= 4 is 29.6 Å².